The molecule has 1 fully saturated rings. The third kappa shape index (κ3) is 4.00. The zero-order valence-electron chi connectivity index (χ0n) is 12.2. The number of thioether (sulfide) groups is 1. The number of likely N-dealkylation sites (tertiary alicyclic amines) is 1. The molecular weight excluding hydrogens is 286 g/mol. The zero-order chi connectivity index (χ0) is 15.2. The summed E-state index contributed by atoms with van der Waals surface area (Å²) >= 11 is 1.70. The molecule has 0 spiro atoms. The highest BCUT2D eigenvalue weighted by Crippen LogP contribution is 2.26. The lowest BCUT2D eigenvalue weighted by Crippen LogP contribution is -2.40. The molecule has 1 heterocycles. The van der Waals surface area contributed by atoms with Crippen molar-refractivity contribution in [2.24, 2.45) is 5.92 Å². The fourth-order valence-electron chi connectivity index (χ4n) is 2.48. The first kappa shape index (κ1) is 15.9. The molecule has 1 aromatic carbocycles. The number of carbonyl (C=O) groups is 2. The van der Waals surface area contributed by atoms with Gasteiger partial charge in [-0.3, -0.25) is 9.59 Å². The van der Waals surface area contributed by atoms with E-state index in [-0.39, 0.29) is 11.8 Å². The minimum atomic E-state index is -0.749. The van der Waals surface area contributed by atoms with Gasteiger partial charge >= 0.3 is 5.97 Å². The second-order valence-electron chi connectivity index (χ2n) is 5.25. The summed E-state index contributed by atoms with van der Waals surface area (Å²) in [5.74, 6) is -0.0384. The van der Waals surface area contributed by atoms with Gasteiger partial charge in [-0.05, 0) is 37.1 Å². The van der Waals surface area contributed by atoms with Gasteiger partial charge in [-0.2, -0.15) is 0 Å². The van der Waals surface area contributed by atoms with Crippen LogP contribution in [0.4, 0.5) is 0 Å². The molecule has 21 heavy (non-hydrogen) atoms. The minimum absolute atomic E-state index is 0.0260. The summed E-state index contributed by atoms with van der Waals surface area (Å²) in [7, 11) is 0. The second kappa shape index (κ2) is 7.50. The lowest BCUT2D eigenvalue weighted by atomic mass is 9.96. The Morgan fingerprint density at radius 2 is 1.95 bits per heavy atom. The standard InChI is InChI=1S/C16H21NO3S/c1-2-11-21-14-6-4-3-5-13(14)15(18)17-9-7-12(8-10-17)16(19)20/h3-6,12H,2,7-11H2,1H3,(H,19,20). The Balaban J connectivity index is 2.05. The Bertz CT molecular complexity index is 510. The molecular formula is C16H21NO3S. The average molecular weight is 307 g/mol. The van der Waals surface area contributed by atoms with Crippen LogP contribution in [-0.2, 0) is 4.79 Å². The number of nitrogens with zero attached hydrogens (tertiary/aromatic N) is 1. The topological polar surface area (TPSA) is 57.6 Å². The van der Waals surface area contributed by atoms with Gasteiger partial charge in [0.25, 0.3) is 5.91 Å². The molecule has 114 valence electrons. The maximum atomic E-state index is 12.6. The monoisotopic (exact) mass is 307 g/mol. The Labute approximate surface area is 129 Å². The Morgan fingerprint density at radius 3 is 2.57 bits per heavy atom. The van der Waals surface area contributed by atoms with Crippen LogP contribution in [0.15, 0.2) is 29.2 Å². The van der Waals surface area contributed by atoms with Crippen LogP contribution < -0.4 is 0 Å². The van der Waals surface area contributed by atoms with Gasteiger partial charge in [-0.15, -0.1) is 11.8 Å². The number of benzene rings is 1. The van der Waals surface area contributed by atoms with E-state index in [1.807, 2.05) is 24.3 Å². The predicted molar refractivity (Wildman–Crippen MR) is 83.7 cm³/mol. The van der Waals surface area contributed by atoms with Gasteiger partial charge in [0.15, 0.2) is 0 Å². The number of aliphatic carboxylic acids is 1. The lowest BCUT2D eigenvalue weighted by Gasteiger charge is -2.30. The third-order valence-electron chi connectivity index (χ3n) is 3.71. The van der Waals surface area contributed by atoms with Crippen LogP contribution in [0, 0.1) is 5.92 Å². The van der Waals surface area contributed by atoms with E-state index in [4.69, 9.17) is 5.11 Å². The summed E-state index contributed by atoms with van der Waals surface area (Å²) in [5.41, 5.74) is 0.740. The number of amides is 1. The van der Waals surface area contributed by atoms with Crippen LogP contribution in [-0.4, -0.2) is 40.7 Å². The fraction of sp³-hybridized carbons (Fsp3) is 0.500. The van der Waals surface area contributed by atoms with Crippen molar-refractivity contribution in [3.8, 4) is 0 Å². The van der Waals surface area contributed by atoms with E-state index in [9.17, 15) is 9.59 Å². The highest BCUT2D eigenvalue weighted by Gasteiger charge is 2.28. The summed E-state index contributed by atoms with van der Waals surface area (Å²) in [6.07, 6.45) is 2.16. The summed E-state index contributed by atoms with van der Waals surface area (Å²) in [6.45, 7) is 3.18. The van der Waals surface area contributed by atoms with E-state index in [1.54, 1.807) is 16.7 Å². The van der Waals surface area contributed by atoms with E-state index in [0.29, 0.717) is 25.9 Å². The number of carboxylic acids is 1. The summed E-state index contributed by atoms with van der Waals surface area (Å²) in [4.78, 5) is 26.4. The van der Waals surface area contributed by atoms with E-state index >= 15 is 0 Å². The maximum absolute atomic E-state index is 12.6. The molecule has 4 nitrogen and oxygen atoms in total. The number of hydrogen-bond donors (Lipinski definition) is 1. The van der Waals surface area contributed by atoms with Crippen LogP contribution in [0.3, 0.4) is 0 Å². The Morgan fingerprint density at radius 1 is 1.29 bits per heavy atom. The van der Waals surface area contributed by atoms with Crippen molar-refractivity contribution in [1.82, 2.24) is 4.90 Å². The van der Waals surface area contributed by atoms with Crippen molar-refractivity contribution in [2.75, 3.05) is 18.8 Å². The molecule has 5 heteroatoms. The van der Waals surface area contributed by atoms with Crippen LogP contribution in [0.25, 0.3) is 0 Å². The molecule has 2 rings (SSSR count). The molecule has 1 amide bonds. The van der Waals surface area contributed by atoms with Crippen LogP contribution in [0.1, 0.15) is 36.5 Å². The van der Waals surface area contributed by atoms with E-state index < -0.39 is 5.97 Å². The zero-order valence-corrected chi connectivity index (χ0v) is 13.1. The van der Waals surface area contributed by atoms with Gasteiger partial charge in [-0.25, -0.2) is 0 Å². The number of hydrogen-bond acceptors (Lipinski definition) is 3. The van der Waals surface area contributed by atoms with Gasteiger partial charge in [0.1, 0.15) is 0 Å². The molecule has 1 saturated heterocycles. The minimum Gasteiger partial charge on any atom is -0.481 e. The molecule has 1 aliphatic heterocycles. The molecule has 1 aliphatic rings. The summed E-state index contributed by atoms with van der Waals surface area (Å²) < 4.78 is 0. The SMILES string of the molecule is CCCSc1ccccc1C(=O)N1CCC(C(=O)O)CC1. The van der Waals surface area contributed by atoms with E-state index in [1.165, 1.54) is 0 Å². The van der Waals surface area contributed by atoms with Gasteiger partial charge in [0.05, 0.1) is 11.5 Å². The van der Waals surface area contributed by atoms with Crippen molar-refractivity contribution < 1.29 is 14.7 Å². The van der Waals surface area contributed by atoms with Crippen molar-refractivity contribution in [2.45, 2.75) is 31.1 Å². The lowest BCUT2D eigenvalue weighted by molar-refractivity contribution is -0.143. The second-order valence-corrected chi connectivity index (χ2v) is 6.39. The number of rotatable bonds is 5. The number of carbonyl (C=O) groups excluding carboxylic acids is 1. The Kier molecular flexibility index (Phi) is 5.67. The molecule has 0 aromatic heterocycles. The van der Waals surface area contributed by atoms with Gasteiger partial charge in [-0.1, -0.05) is 19.1 Å². The first-order valence-corrected chi connectivity index (χ1v) is 8.36. The molecule has 0 aliphatic carbocycles. The van der Waals surface area contributed by atoms with Crippen molar-refractivity contribution in [3.05, 3.63) is 29.8 Å². The maximum Gasteiger partial charge on any atom is 0.306 e. The molecule has 0 atom stereocenters. The molecule has 1 aromatic rings. The molecule has 1 N–H and O–H groups in total. The first-order valence-electron chi connectivity index (χ1n) is 7.37. The highest BCUT2D eigenvalue weighted by molar-refractivity contribution is 7.99. The van der Waals surface area contributed by atoms with Crippen LogP contribution in [0.5, 0.6) is 0 Å². The van der Waals surface area contributed by atoms with Gasteiger partial charge in [0.2, 0.25) is 0 Å². The Hall–Kier alpha value is -1.49. The van der Waals surface area contributed by atoms with Crippen LogP contribution >= 0.6 is 11.8 Å². The average Bonchev–Trinajstić information content (AvgIpc) is 2.52. The highest BCUT2D eigenvalue weighted by atomic mass is 32.2. The molecule has 0 unspecified atom stereocenters. The molecule has 0 radical (unpaired) electrons. The quantitative estimate of drug-likeness (QED) is 0.849. The van der Waals surface area contributed by atoms with E-state index in [2.05, 4.69) is 6.92 Å². The largest absolute Gasteiger partial charge is 0.481 e. The number of piperidine rings is 1. The number of carboxylic acid groups (broad SMARTS) is 1. The van der Waals surface area contributed by atoms with Crippen LogP contribution in [0.2, 0.25) is 0 Å². The molecule has 0 saturated carbocycles. The first-order chi connectivity index (χ1) is 10.1. The van der Waals surface area contributed by atoms with E-state index in [0.717, 1.165) is 22.6 Å². The normalized spacial score (nSPS) is 16.0. The van der Waals surface area contributed by atoms with Gasteiger partial charge in [0, 0.05) is 18.0 Å². The summed E-state index contributed by atoms with van der Waals surface area (Å²) in [5, 5.41) is 9.01. The fourth-order valence-corrected chi connectivity index (χ4v) is 3.39. The summed E-state index contributed by atoms with van der Waals surface area (Å²) in [6, 6.07) is 7.68. The van der Waals surface area contributed by atoms with Gasteiger partial charge < -0.3 is 10.0 Å². The smallest absolute Gasteiger partial charge is 0.306 e. The third-order valence-corrected chi connectivity index (χ3v) is 4.99. The molecule has 0 bridgehead atoms. The van der Waals surface area contributed by atoms with Crippen molar-refractivity contribution >= 4 is 23.6 Å². The van der Waals surface area contributed by atoms with Crippen molar-refractivity contribution in [3.63, 3.8) is 0 Å². The van der Waals surface area contributed by atoms with Crippen molar-refractivity contribution in [1.29, 1.82) is 0 Å². The predicted octanol–water partition coefficient (Wildman–Crippen LogP) is 3.13.